The van der Waals surface area contributed by atoms with Crippen molar-refractivity contribution in [3.05, 3.63) is 0 Å². The van der Waals surface area contributed by atoms with Crippen LogP contribution in [0, 0.1) is 0 Å². The number of likely N-dealkylation sites (N-methyl/N-ethyl adjacent to an activating group) is 1. The average molecular weight is 128 g/mol. The number of rotatable bonds is 0. The number of hydrogen-bond acceptors (Lipinski definition) is 2. The van der Waals surface area contributed by atoms with Crippen molar-refractivity contribution < 1.29 is 0 Å². The molecule has 0 radical (unpaired) electrons. The Morgan fingerprint density at radius 1 is 1.44 bits per heavy atom. The van der Waals surface area contributed by atoms with E-state index in [2.05, 4.69) is 31.1 Å². The number of nitrogens with zero attached hydrogens (tertiary/aromatic N) is 1. The van der Waals surface area contributed by atoms with E-state index in [4.69, 9.17) is 0 Å². The summed E-state index contributed by atoms with van der Waals surface area (Å²) in [4.78, 5) is 2.39. The maximum absolute atomic E-state index is 3.42. The van der Waals surface area contributed by atoms with Gasteiger partial charge in [-0.05, 0) is 20.9 Å². The molecule has 54 valence electrons. The van der Waals surface area contributed by atoms with Gasteiger partial charge in [-0.15, -0.1) is 0 Å². The zero-order valence-electron chi connectivity index (χ0n) is 6.52. The van der Waals surface area contributed by atoms with E-state index in [0.29, 0.717) is 12.1 Å². The highest BCUT2D eigenvalue weighted by atomic mass is 15.2. The first-order chi connectivity index (χ1) is 4.20. The molecule has 0 saturated carbocycles. The predicted molar refractivity (Wildman–Crippen MR) is 39.6 cm³/mol. The zero-order chi connectivity index (χ0) is 6.85. The van der Waals surface area contributed by atoms with Crippen molar-refractivity contribution in [2.45, 2.75) is 25.9 Å². The molecule has 0 amide bonds. The van der Waals surface area contributed by atoms with Crippen LogP contribution in [0.4, 0.5) is 0 Å². The van der Waals surface area contributed by atoms with Crippen molar-refractivity contribution >= 4 is 0 Å². The van der Waals surface area contributed by atoms with Gasteiger partial charge in [-0.25, -0.2) is 0 Å². The Morgan fingerprint density at radius 3 is 2.56 bits per heavy atom. The van der Waals surface area contributed by atoms with Crippen LogP contribution in [-0.2, 0) is 0 Å². The fourth-order valence-corrected chi connectivity index (χ4v) is 1.20. The maximum atomic E-state index is 3.42. The van der Waals surface area contributed by atoms with Crippen molar-refractivity contribution in [3.8, 4) is 0 Å². The Balaban J connectivity index is 2.35. The molecular weight excluding hydrogens is 112 g/mol. The molecule has 1 rings (SSSR count). The third-order valence-corrected chi connectivity index (χ3v) is 2.08. The third-order valence-electron chi connectivity index (χ3n) is 2.08. The summed E-state index contributed by atoms with van der Waals surface area (Å²) < 4.78 is 0. The van der Waals surface area contributed by atoms with Crippen LogP contribution in [-0.4, -0.2) is 37.1 Å². The summed E-state index contributed by atoms with van der Waals surface area (Å²) in [6.07, 6.45) is 0. The molecule has 1 aliphatic heterocycles. The van der Waals surface area contributed by atoms with Gasteiger partial charge in [0, 0.05) is 25.2 Å². The van der Waals surface area contributed by atoms with Gasteiger partial charge in [-0.2, -0.15) is 0 Å². The van der Waals surface area contributed by atoms with Crippen LogP contribution in [0.1, 0.15) is 13.8 Å². The van der Waals surface area contributed by atoms with E-state index in [1.807, 2.05) is 0 Å². The fourth-order valence-electron chi connectivity index (χ4n) is 1.20. The van der Waals surface area contributed by atoms with Gasteiger partial charge in [0.1, 0.15) is 0 Å². The zero-order valence-corrected chi connectivity index (χ0v) is 6.52. The van der Waals surface area contributed by atoms with E-state index < -0.39 is 0 Å². The molecule has 1 unspecified atom stereocenters. The van der Waals surface area contributed by atoms with Gasteiger partial charge >= 0.3 is 0 Å². The van der Waals surface area contributed by atoms with Gasteiger partial charge in [0.15, 0.2) is 0 Å². The molecule has 1 heterocycles. The van der Waals surface area contributed by atoms with Crippen LogP contribution >= 0.6 is 0 Å². The molecule has 0 aliphatic carbocycles. The first-order valence-electron chi connectivity index (χ1n) is 3.64. The van der Waals surface area contributed by atoms with Crippen molar-refractivity contribution in [2.24, 2.45) is 0 Å². The summed E-state index contributed by atoms with van der Waals surface area (Å²) >= 11 is 0. The van der Waals surface area contributed by atoms with E-state index in [1.54, 1.807) is 0 Å². The Morgan fingerprint density at radius 2 is 2.11 bits per heavy atom. The van der Waals surface area contributed by atoms with E-state index in [1.165, 1.54) is 6.54 Å². The molecule has 0 aromatic heterocycles. The van der Waals surface area contributed by atoms with Gasteiger partial charge in [-0.1, -0.05) is 0 Å². The molecule has 1 aliphatic rings. The normalized spacial score (nSPS) is 39.0. The minimum absolute atomic E-state index is 0.672. The van der Waals surface area contributed by atoms with Gasteiger partial charge in [0.2, 0.25) is 0 Å². The summed E-state index contributed by atoms with van der Waals surface area (Å²) in [5.74, 6) is 0. The van der Waals surface area contributed by atoms with Crippen LogP contribution in [0.25, 0.3) is 0 Å². The SMILES string of the molecule is CC1CN(C)[C@@H](C)CN1. The molecule has 2 nitrogen and oxygen atoms in total. The van der Waals surface area contributed by atoms with Crippen LogP contribution in [0.5, 0.6) is 0 Å². The quantitative estimate of drug-likeness (QED) is 0.504. The van der Waals surface area contributed by atoms with Crippen LogP contribution in [0.15, 0.2) is 0 Å². The van der Waals surface area contributed by atoms with Gasteiger partial charge in [0.25, 0.3) is 0 Å². The lowest BCUT2D eigenvalue weighted by molar-refractivity contribution is 0.182. The lowest BCUT2D eigenvalue weighted by Crippen LogP contribution is -2.52. The van der Waals surface area contributed by atoms with Crippen molar-refractivity contribution in [1.82, 2.24) is 10.2 Å². The summed E-state index contributed by atoms with van der Waals surface area (Å²) in [6, 6.07) is 1.38. The summed E-state index contributed by atoms with van der Waals surface area (Å²) in [5, 5.41) is 3.42. The molecule has 0 bridgehead atoms. The number of piperazine rings is 1. The summed E-state index contributed by atoms with van der Waals surface area (Å²) in [7, 11) is 2.18. The second-order valence-corrected chi connectivity index (χ2v) is 3.10. The lowest BCUT2D eigenvalue weighted by Gasteiger charge is -2.34. The third kappa shape index (κ3) is 1.66. The smallest absolute Gasteiger partial charge is 0.0190 e. The van der Waals surface area contributed by atoms with Crippen LogP contribution in [0.3, 0.4) is 0 Å². The lowest BCUT2D eigenvalue weighted by atomic mass is 10.2. The van der Waals surface area contributed by atoms with Gasteiger partial charge in [-0.3, -0.25) is 0 Å². The first-order valence-corrected chi connectivity index (χ1v) is 3.64. The Labute approximate surface area is 57.2 Å². The minimum atomic E-state index is 0.672. The maximum Gasteiger partial charge on any atom is 0.0190 e. The topological polar surface area (TPSA) is 15.3 Å². The largest absolute Gasteiger partial charge is 0.311 e. The molecule has 1 fully saturated rings. The molecule has 0 spiro atoms. The average Bonchev–Trinajstić information content (AvgIpc) is 1.80. The highest BCUT2D eigenvalue weighted by molar-refractivity contribution is 4.78. The van der Waals surface area contributed by atoms with Crippen molar-refractivity contribution in [3.63, 3.8) is 0 Å². The second kappa shape index (κ2) is 2.67. The van der Waals surface area contributed by atoms with E-state index >= 15 is 0 Å². The molecule has 0 aromatic carbocycles. The molecule has 9 heavy (non-hydrogen) atoms. The Hall–Kier alpha value is -0.0800. The Bertz CT molecular complexity index is 92.9. The van der Waals surface area contributed by atoms with Crippen LogP contribution < -0.4 is 5.32 Å². The summed E-state index contributed by atoms with van der Waals surface area (Å²) in [5.41, 5.74) is 0. The fraction of sp³-hybridized carbons (Fsp3) is 1.00. The minimum Gasteiger partial charge on any atom is -0.311 e. The Kier molecular flexibility index (Phi) is 2.09. The second-order valence-electron chi connectivity index (χ2n) is 3.10. The molecular formula is C7H16N2. The van der Waals surface area contributed by atoms with Crippen molar-refractivity contribution in [1.29, 1.82) is 0 Å². The first kappa shape index (κ1) is 7.03. The molecule has 1 saturated heterocycles. The summed E-state index contributed by atoms with van der Waals surface area (Å²) in [6.45, 7) is 6.79. The monoisotopic (exact) mass is 128 g/mol. The number of hydrogen-bond donors (Lipinski definition) is 1. The molecule has 2 atom stereocenters. The molecule has 2 heteroatoms. The van der Waals surface area contributed by atoms with Gasteiger partial charge < -0.3 is 10.2 Å². The standard InChI is InChI=1S/C7H16N2/c1-6-5-9(3)7(2)4-8-6/h6-8H,4-5H2,1-3H3/t6?,7-/m0/s1. The van der Waals surface area contributed by atoms with Crippen LogP contribution in [0.2, 0.25) is 0 Å². The van der Waals surface area contributed by atoms with E-state index in [0.717, 1.165) is 6.54 Å². The highest BCUT2D eigenvalue weighted by Gasteiger charge is 2.17. The van der Waals surface area contributed by atoms with Crippen molar-refractivity contribution in [2.75, 3.05) is 20.1 Å². The van der Waals surface area contributed by atoms with Gasteiger partial charge in [0.05, 0.1) is 0 Å². The molecule has 1 N–H and O–H groups in total. The van der Waals surface area contributed by atoms with E-state index in [-0.39, 0.29) is 0 Å². The molecule has 0 aromatic rings. The highest BCUT2D eigenvalue weighted by Crippen LogP contribution is 2.01. The van der Waals surface area contributed by atoms with E-state index in [9.17, 15) is 0 Å². The predicted octanol–water partition coefficient (Wildman–Crippen LogP) is 0.298. The number of nitrogens with one attached hydrogen (secondary N) is 1.